The maximum absolute atomic E-state index is 12.3. The van der Waals surface area contributed by atoms with Gasteiger partial charge in [-0.3, -0.25) is 4.79 Å². The van der Waals surface area contributed by atoms with E-state index in [2.05, 4.69) is 6.92 Å². The van der Waals surface area contributed by atoms with E-state index in [0.29, 0.717) is 5.92 Å². The van der Waals surface area contributed by atoms with Gasteiger partial charge >= 0.3 is 0 Å². The lowest BCUT2D eigenvalue weighted by Gasteiger charge is -2.37. The number of amides is 1. The second-order valence-electron chi connectivity index (χ2n) is 5.38. The molecular formula is C13H26N2O2. The highest BCUT2D eigenvalue weighted by Crippen LogP contribution is 2.21. The molecule has 2 N–H and O–H groups in total. The van der Waals surface area contributed by atoms with Crippen LogP contribution in [0.2, 0.25) is 0 Å². The lowest BCUT2D eigenvalue weighted by molar-refractivity contribution is -0.139. The van der Waals surface area contributed by atoms with Gasteiger partial charge in [-0.1, -0.05) is 13.3 Å². The zero-order chi connectivity index (χ0) is 12.9. The Kier molecular flexibility index (Phi) is 5.40. The standard InChI is InChI=1S/C13H26N2O2/c1-4-7-13(2,14)12(16)15-8-5-6-11(9-15)10-17-3/h11H,4-10,14H2,1-3H3. The number of hydrogen-bond donors (Lipinski definition) is 1. The monoisotopic (exact) mass is 242 g/mol. The molecule has 2 unspecified atom stereocenters. The molecule has 1 aliphatic rings. The molecule has 1 amide bonds. The number of methoxy groups -OCH3 is 1. The fourth-order valence-electron chi connectivity index (χ4n) is 2.61. The molecule has 4 nitrogen and oxygen atoms in total. The first-order chi connectivity index (χ1) is 8.01. The van der Waals surface area contributed by atoms with Crippen molar-refractivity contribution in [3.63, 3.8) is 0 Å². The molecule has 0 aliphatic carbocycles. The molecule has 1 heterocycles. The Morgan fingerprint density at radius 2 is 2.29 bits per heavy atom. The number of piperidine rings is 1. The second-order valence-corrected chi connectivity index (χ2v) is 5.38. The highest BCUT2D eigenvalue weighted by atomic mass is 16.5. The third-order valence-electron chi connectivity index (χ3n) is 3.47. The molecule has 1 saturated heterocycles. The summed E-state index contributed by atoms with van der Waals surface area (Å²) in [6.07, 6.45) is 3.89. The summed E-state index contributed by atoms with van der Waals surface area (Å²) in [5.74, 6) is 0.565. The van der Waals surface area contributed by atoms with Crippen LogP contribution in [0.15, 0.2) is 0 Å². The van der Waals surface area contributed by atoms with Crippen LogP contribution in [0.25, 0.3) is 0 Å². The number of ether oxygens (including phenoxy) is 1. The van der Waals surface area contributed by atoms with Crippen LogP contribution < -0.4 is 5.73 Å². The highest BCUT2D eigenvalue weighted by molar-refractivity contribution is 5.85. The quantitative estimate of drug-likeness (QED) is 0.792. The molecule has 2 atom stereocenters. The second kappa shape index (κ2) is 6.36. The van der Waals surface area contributed by atoms with Crippen LogP contribution in [0.5, 0.6) is 0 Å². The number of carbonyl (C=O) groups is 1. The van der Waals surface area contributed by atoms with E-state index in [-0.39, 0.29) is 5.91 Å². The van der Waals surface area contributed by atoms with Crippen LogP contribution in [0.1, 0.15) is 39.5 Å². The van der Waals surface area contributed by atoms with Gasteiger partial charge in [-0.05, 0) is 32.1 Å². The summed E-state index contributed by atoms with van der Waals surface area (Å²) in [6.45, 7) is 6.28. The number of carbonyl (C=O) groups excluding carboxylic acids is 1. The minimum Gasteiger partial charge on any atom is -0.384 e. The fraction of sp³-hybridized carbons (Fsp3) is 0.923. The Bertz CT molecular complexity index is 252. The van der Waals surface area contributed by atoms with Crippen molar-refractivity contribution >= 4 is 5.91 Å². The molecule has 1 aliphatic heterocycles. The van der Waals surface area contributed by atoms with Gasteiger partial charge in [-0.15, -0.1) is 0 Å². The van der Waals surface area contributed by atoms with Crippen molar-refractivity contribution in [2.75, 3.05) is 26.8 Å². The zero-order valence-corrected chi connectivity index (χ0v) is 11.4. The van der Waals surface area contributed by atoms with Crippen molar-refractivity contribution in [2.24, 2.45) is 11.7 Å². The van der Waals surface area contributed by atoms with E-state index in [0.717, 1.165) is 45.4 Å². The minimum absolute atomic E-state index is 0.0974. The van der Waals surface area contributed by atoms with E-state index in [9.17, 15) is 4.79 Å². The number of hydrogen-bond acceptors (Lipinski definition) is 3. The first-order valence-electron chi connectivity index (χ1n) is 6.58. The lowest BCUT2D eigenvalue weighted by atomic mass is 9.92. The summed E-state index contributed by atoms with van der Waals surface area (Å²) in [5.41, 5.74) is 5.39. The third kappa shape index (κ3) is 3.96. The largest absolute Gasteiger partial charge is 0.384 e. The first-order valence-corrected chi connectivity index (χ1v) is 6.58. The molecule has 0 spiro atoms. The summed E-state index contributed by atoms with van der Waals surface area (Å²) < 4.78 is 5.17. The average molecular weight is 242 g/mol. The molecular weight excluding hydrogens is 216 g/mol. The number of nitrogens with two attached hydrogens (primary N) is 1. The Labute approximate surface area is 104 Å². The Balaban J connectivity index is 2.56. The average Bonchev–Trinajstić information content (AvgIpc) is 2.29. The maximum Gasteiger partial charge on any atom is 0.242 e. The molecule has 0 saturated carbocycles. The summed E-state index contributed by atoms with van der Waals surface area (Å²) >= 11 is 0. The van der Waals surface area contributed by atoms with Gasteiger partial charge in [0.15, 0.2) is 0 Å². The zero-order valence-electron chi connectivity index (χ0n) is 11.4. The predicted molar refractivity (Wildman–Crippen MR) is 68.7 cm³/mol. The molecule has 0 aromatic carbocycles. The number of likely N-dealkylation sites (tertiary alicyclic amines) is 1. The Morgan fingerprint density at radius 3 is 2.88 bits per heavy atom. The first kappa shape index (κ1) is 14.5. The fourth-order valence-corrected chi connectivity index (χ4v) is 2.61. The summed E-state index contributed by atoms with van der Waals surface area (Å²) in [7, 11) is 1.71. The third-order valence-corrected chi connectivity index (χ3v) is 3.47. The van der Waals surface area contributed by atoms with Crippen LogP contribution in [0.4, 0.5) is 0 Å². The minimum atomic E-state index is -0.705. The Hall–Kier alpha value is -0.610. The number of nitrogens with zero attached hydrogens (tertiary/aromatic N) is 1. The lowest BCUT2D eigenvalue weighted by Crippen LogP contribution is -2.55. The Morgan fingerprint density at radius 1 is 1.59 bits per heavy atom. The van der Waals surface area contributed by atoms with Gasteiger partial charge in [0.2, 0.25) is 5.91 Å². The van der Waals surface area contributed by atoms with Gasteiger partial charge in [0.1, 0.15) is 0 Å². The molecule has 0 aromatic heterocycles. The van der Waals surface area contributed by atoms with E-state index in [1.165, 1.54) is 0 Å². The van der Waals surface area contributed by atoms with Gasteiger partial charge < -0.3 is 15.4 Å². The number of rotatable bonds is 5. The molecule has 0 radical (unpaired) electrons. The van der Waals surface area contributed by atoms with Crippen molar-refractivity contribution in [3.05, 3.63) is 0 Å². The van der Waals surface area contributed by atoms with Crippen LogP contribution in [0, 0.1) is 5.92 Å². The topological polar surface area (TPSA) is 55.6 Å². The van der Waals surface area contributed by atoms with Crippen molar-refractivity contribution in [2.45, 2.75) is 45.1 Å². The molecule has 17 heavy (non-hydrogen) atoms. The van der Waals surface area contributed by atoms with Crippen LogP contribution in [-0.4, -0.2) is 43.2 Å². The molecule has 100 valence electrons. The van der Waals surface area contributed by atoms with Gasteiger partial charge in [0.25, 0.3) is 0 Å². The smallest absolute Gasteiger partial charge is 0.242 e. The molecule has 1 fully saturated rings. The van der Waals surface area contributed by atoms with Gasteiger partial charge in [-0.2, -0.15) is 0 Å². The van der Waals surface area contributed by atoms with Crippen molar-refractivity contribution in [1.82, 2.24) is 4.90 Å². The van der Waals surface area contributed by atoms with Crippen LogP contribution in [-0.2, 0) is 9.53 Å². The van der Waals surface area contributed by atoms with Crippen LogP contribution >= 0.6 is 0 Å². The molecule has 4 heteroatoms. The predicted octanol–water partition coefficient (Wildman–Crippen LogP) is 1.39. The molecule has 0 bridgehead atoms. The van der Waals surface area contributed by atoms with E-state index >= 15 is 0 Å². The van der Waals surface area contributed by atoms with Gasteiger partial charge in [0, 0.05) is 20.2 Å². The van der Waals surface area contributed by atoms with E-state index in [1.807, 2.05) is 11.8 Å². The van der Waals surface area contributed by atoms with E-state index < -0.39 is 5.54 Å². The van der Waals surface area contributed by atoms with E-state index in [1.54, 1.807) is 7.11 Å². The normalized spacial score (nSPS) is 24.5. The summed E-state index contributed by atoms with van der Waals surface area (Å²) in [5, 5.41) is 0. The highest BCUT2D eigenvalue weighted by Gasteiger charge is 2.34. The van der Waals surface area contributed by atoms with Gasteiger partial charge in [0.05, 0.1) is 12.1 Å². The van der Waals surface area contributed by atoms with Gasteiger partial charge in [-0.25, -0.2) is 0 Å². The molecule has 0 aromatic rings. The maximum atomic E-state index is 12.3. The van der Waals surface area contributed by atoms with Crippen molar-refractivity contribution < 1.29 is 9.53 Å². The van der Waals surface area contributed by atoms with E-state index in [4.69, 9.17) is 10.5 Å². The van der Waals surface area contributed by atoms with Crippen molar-refractivity contribution in [3.8, 4) is 0 Å². The van der Waals surface area contributed by atoms with Crippen LogP contribution in [0.3, 0.4) is 0 Å². The molecule has 1 rings (SSSR count). The summed E-state index contributed by atoms with van der Waals surface area (Å²) in [6, 6.07) is 0. The van der Waals surface area contributed by atoms with Crippen molar-refractivity contribution in [1.29, 1.82) is 0 Å². The SMILES string of the molecule is CCCC(C)(N)C(=O)N1CCCC(COC)C1. The summed E-state index contributed by atoms with van der Waals surface area (Å²) in [4.78, 5) is 14.2.